The van der Waals surface area contributed by atoms with E-state index in [2.05, 4.69) is 5.32 Å². The average molecular weight is 290 g/mol. The smallest absolute Gasteiger partial charge is 0.224 e. The molecule has 1 fully saturated rings. The summed E-state index contributed by atoms with van der Waals surface area (Å²) in [6.45, 7) is 1.49. The van der Waals surface area contributed by atoms with E-state index in [1.165, 1.54) is 12.8 Å². The first-order valence-electron chi connectivity index (χ1n) is 8.01. The van der Waals surface area contributed by atoms with Gasteiger partial charge in [0.05, 0.1) is 12.3 Å². The molecule has 4 heteroatoms. The molecule has 21 heavy (non-hydrogen) atoms. The van der Waals surface area contributed by atoms with Crippen LogP contribution in [0.3, 0.4) is 0 Å². The van der Waals surface area contributed by atoms with Gasteiger partial charge in [0.15, 0.2) is 0 Å². The van der Waals surface area contributed by atoms with Crippen LogP contribution in [-0.2, 0) is 4.79 Å². The molecule has 1 amide bonds. The normalized spacial score (nSPS) is 14.0. The quantitative estimate of drug-likeness (QED) is 0.650. The molecular formula is C17H26N2O2. The van der Waals surface area contributed by atoms with Crippen molar-refractivity contribution < 1.29 is 9.53 Å². The van der Waals surface area contributed by atoms with Crippen LogP contribution in [0, 0.1) is 5.92 Å². The molecule has 4 nitrogen and oxygen atoms in total. The van der Waals surface area contributed by atoms with E-state index in [9.17, 15) is 4.79 Å². The molecule has 0 radical (unpaired) electrons. The maximum absolute atomic E-state index is 12.0. The fourth-order valence-electron chi connectivity index (χ4n) is 2.18. The van der Waals surface area contributed by atoms with E-state index in [1.54, 1.807) is 0 Å². The number of rotatable bonds is 10. The van der Waals surface area contributed by atoms with Gasteiger partial charge < -0.3 is 15.8 Å². The third kappa shape index (κ3) is 6.17. The molecule has 1 saturated carbocycles. The van der Waals surface area contributed by atoms with Gasteiger partial charge in [0.2, 0.25) is 5.91 Å². The minimum absolute atomic E-state index is 0.0604. The van der Waals surface area contributed by atoms with Crippen molar-refractivity contribution in [1.82, 2.24) is 0 Å². The zero-order chi connectivity index (χ0) is 14.9. The lowest BCUT2D eigenvalue weighted by Crippen LogP contribution is -2.12. The molecule has 0 atom stereocenters. The number of anilines is 1. The molecule has 0 saturated heterocycles. The number of amides is 1. The lowest BCUT2D eigenvalue weighted by Gasteiger charge is -2.12. The Kier molecular flexibility index (Phi) is 6.54. The van der Waals surface area contributed by atoms with E-state index in [0.717, 1.165) is 50.3 Å². The molecule has 0 aromatic heterocycles. The summed E-state index contributed by atoms with van der Waals surface area (Å²) in [5.41, 5.74) is 6.23. The number of unbranched alkanes of at least 4 members (excludes halogenated alkanes) is 3. The molecule has 2 rings (SSSR count). The van der Waals surface area contributed by atoms with Crippen LogP contribution in [-0.4, -0.2) is 19.1 Å². The van der Waals surface area contributed by atoms with Crippen LogP contribution in [0.5, 0.6) is 5.75 Å². The third-order valence-electron chi connectivity index (χ3n) is 3.69. The number of para-hydroxylation sites is 2. The van der Waals surface area contributed by atoms with Gasteiger partial charge in [0.1, 0.15) is 5.75 Å². The Hall–Kier alpha value is -1.55. The molecular weight excluding hydrogens is 264 g/mol. The van der Waals surface area contributed by atoms with E-state index in [0.29, 0.717) is 12.3 Å². The number of nitrogens with two attached hydrogens (primary N) is 1. The number of nitrogens with one attached hydrogen (secondary N) is 1. The molecule has 0 unspecified atom stereocenters. The molecule has 1 aromatic rings. The second-order valence-corrected chi connectivity index (χ2v) is 5.75. The predicted molar refractivity (Wildman–Crippen MR) is 85.4 cm³/mol. The van der Waals surface area contributed by atoms with Crippen molar-refractivity contribution in [3.05, 3.63) is 24.3 Å². The summed E-state index contributed by atoms with van der Waals surface area (Å²) in [5, 5.41) is 2.96. The average Bonchev–Trinajstić information content (AvgIpc) is 3.30. The van der Waals surface area contributed by atoms with Crippen LogP contribution in [0.2, 0.25) is 0 Å². The van der Waals surface area contributed by atoms with Gasteiger partial charge in [-0.2, -0.15) is 0 Å². The van der Waals surface area contributed by atoms with Crippen molar-refractivity contribution in [2.24, 2.45) is 11.7 Å². The molecule has 0 spiro atoms. The van der Waals surface area contributed by atoms with Crippen LogP contribution >= 0.6 is 0 Å². The Bertz CT molecular complexity index is 444. The summed E-state index contributed by atoms with van der Waals surface area (Å²) in [4.78, 5) is 12.0. The molecule has 1 aliphatic rings. The highest BCUT2D eigenvalue weighted by Gasteiger charge is 2.22. The van der Waals surface area contributed by atoms with Crippen LogP contribution in [0.1, 0.15) is 44.9 Å². The molecule has 3 N–H and O–H groups in total. The van der Waals surface area contributed by atoms with Crippen LogP contribution in [0.4, 0.5) is 5.69 Å². The Morgan fingerprint density at radius 2 is 1.95 bits per heavy atom. The number of benzene rings is 1. The highest BCUT2D eigenvalue weighted by atomic mass is 16.5. The molecule has 0 bridgehead atoms. The minimum atomic E-state index is 0.0604. The number of hydrogen-bond donors (Lipinski definition) is 2. The summed E-state index contributed by atoms with van der Waals surface area (Å²) >= 11 is 0. The van der Waals surface area contributed by atoms with Crippen LogP contribution < -0.4 is 15.8 Å². The highest BCUT2D eigenvalue weighted by molar-refractivity contribution is 5.92. The van der Waals surface area contributed by atoms with Gasteiger partial charge in [0, 0.05) is 6.42 Å². The fraction of sp³-hybridized carbons (Fsp3) is 0.588. The fourth-order valence-corrected chi connectivity index (χ4v) is 2.18. The Labute approximate surface area is 127 Å². The van der Waals surface area contributed by atoms with Gasteiger partial charge in [-0.1, -0.05) is 25.0 Å². The maximum atomic E-state index is 12.0. The van der Waals surface area contributed by atoms with Crippen LogP contribution in [0.15, 0.2) is 24.3 Å². The molecule has 1 aromatic carbocycles. The van der Waals surface area contributed by atoms with Crippen molar-refractivity contribution in [1.29, 1.82) is 0 Å². The summed E-state index contributed by atoms with van der Waals surface area (Å²) < 4.78 is 5.79. The second kappa shape index (κ2) is 8.67. The third-order valence-corrected chi connectivity index (χ3v) is 3.69. The largest absolute Gasteiger partial charge is 0.491 e. The number of hydrogen-bond acceptors (Lipinski definition) is 3. The first kappa shape index (κ1) is 15.8. The Balaban J connectivity index is 1.73. The Morgan fingerprint density at radius 3 is 2.71 bits per heavy atom. The first-order chi connectivity index (χ1) is 10.3. The molecule has 0 aliphatic heterocycles. The molecule has 1 aliphatic carbocycles. The zero-order valence-corrected chi connectivity index (χ0v) is 12.6. The van der Waals surface area contributed by atoms with Crippen LogP contribution in [0.25, 0.3) is 0 Å². The lowest BCUT2D eigenvalue weighted by molar-refractivity contribution is -0.116. The first-order valence-corrected chi connectivity index (χ1v) is 8.01. The van der Waals surface area contributed by atoms with Crippen molar-refractivity contribution in [3.8, 4) is 5.75 Å². The van der Waals surface area contributed by atoms with Gasteiger partial charge in [0.25, 0.3) is 0 Å². The van der Waals surface area contributed by atoms with E-state index >= 15 is 0 Å². The summed E-state index contributed by atoms with van der Waals surface area (Å²) in [7, 11) is 0. The van der Waals surface area contributed by atoms with E-state index < -0.39 is 0 Å². The van der Waals surface area contributed by atoms with Crippen molar-refractivity contribution in [2.75, 3.05) is 18.5 Å². The Morgan fingerprint density at radius 1 is 1.19 bits per heavy atom. The zero-order valence-electron chi connectivity index (χ0n) is 12.6. The van der Waals surface area contributed by atoms with Gasteiger partial charge in [-0.3, -0.25) is 4.79 Å². The van der Waals surface area contributed by atoms with Gasteiger partial charge >= 0.3 is 0 Å². The monoisotopic (exact) mass is 290 g/mol. The van der Waals surface area contributed by atoms with Gasteiger partial charge in [-0.05, 0) is 50.3 Å². The number of carbonyl (C=O) groups excluding carboxylic acids is 1. The van der Waals surface area contributed by atoms with E-state index in [4.69, 9.17) is 10.5 Å². The maximum Gasteiger partial charge on any atom is 0.224 e. The van der Waals surface area contributed by atoms with Crippen molar-refractivity contribution >= 4 is 11.6 Å². The topological polar surface area (TPSA) is 64.4 Å². The van der Waals surface area contributed by atoms with E-state index in [-0.39, 0.29) is 5.91 Å². The molecule has 0 heterocycles. The summed E-state index contributed by atoms with van der Waals surface area (Å²) in [5.74, 6) is 1.54. The SMILES string of the molecule is NCCCCCCC(=O)Nc1ccccc1OCC1CC1. The highest BCUT2D eigenvalue weighted by Crippen LogP contribution is 2.31. The number of carbonyl (C=O) groups is 1. The van der Waals surface area contributed by atoms with Crippen molar-refractivity contribution in [3.63, 3.8) is 0 Å². The van der Waals surface area contributed by atoms with Crippen molar-refractivity contribution in [2.45, 2.75) is 44.9 Å². The van der Waals surface area contributed by atoms with Gasteiger partial charge in [-0.15, -0.1) is 0 Å². The van der Waals surface area contributed by atoms with Gasteiger partial charge in [-0.25, -0.2) is 0 Å². The van der Waals surface area contributed by atoms with E-state index in [1.807, 2.05) is 24.3 Å². The molecule has 116 valence electrons. The summed E-state index contributed by atoms with van der Waals surface area (Å²) in [6.07, 6.45) is 7.20. The number of ether oxygens (including phenoxy) is 1. The summed E-state index contributed by atoms with van der Waals surface area (Å²) in [6, 6.07) is 7.67. The standard InChI is InChI=1S/C17H26N2O2/c18-12-6-2-1-3-9-17(20)19-15-7-4-5-8-16(15)21-13-14-10-11-14/h4-5,7-8,14H,1-3,6,9-13,18H2,(H,19,20). The minimum Gasteiger partial charge on any atom is -0.491 e. The second-order valence-electron chi connectivity index (χ2n) is 5.75. The predicted octanol–water partition coefficient (Wildman–Crippen LogP) is 3.32. The lowest BCUT2D eigenvalue weighted by atomic mass is 10.1.